The van der Waals surface area contributed by atoms with E-state index in [1.165, 1.54) is 0 Å². The summed E-state index contributed by atoms with van der Waals surface area (Å²) in [5.74, 6) is -1.48. The summed E-state index contributed by atoms with van der Waals surface area (Å²) in [5.41, 5.74) is 0. The maximum Gasteiger partial charge on any atom is 0.176 e. The third-order valence-corrected chi connectivity index (χ3v) is 2.89. The second-order valence-corrected chi connectivity index (χ2v) is 4.14. The highest BCUT2D eigenvalue weighted by molar-refractivity contribution is 6.32. The maximum atomic E-state index is 13.4. The molecule has 0 amide bonds. The predicted molar refractivity (Wildman–Crippen MR) is 57.9 cm³/mol. The number of benzene rings is 1. The minimum absolute atomic E-state index is 0.150. The molecule has 1 heterocycles. The number of hydrogen-bond donors (Lipinski definition) is 1. The highest BCUT2D eigenvalue weighted by Gasteiger charge is 2.20. The van der Waals surface area contributed by atoms with Gasteiger partial charge in [0.15, 0.2) is 11.6 Å². The van der Waals surface area contributed by atoms with E-state index in [-0.39, 0.29) is 16.9 Å². The van der Waals surface area contributed by atoms with Gasteiger partial charge in [0.05, 0.1) is 0 Å². The zero-order valence-electron chi connectivity index (χ0n) is 8.60. The fourth-order valence-corrected chi connectivity index (χ4v) is 1.90. The van der Waals surface area contributed by atoms with Crippen molar-refractivity contribution in [2.24, 2.45) is 0 Å². The second-order valence-electron chi connectivity index (χ2n) is 3.76. The number of halogens is 3. The first-order chi connectivity index (χ1) is 7.68. The summed E-state index contributed by atoms with van der Waals surface area (Å²) >= 11 is 5.66. The minimum Gasteiger partial charge on any atom is -0.484 e. The van der Waals surface area contributed by atoms with E-state index in [4.69, 9.17) is 16.3 Å². The smallest absolute Gasteiger partial charge is 0.176 e. The quantitative estimate of drug-likeness (QED) is 0.812. The van der Waals surface area contributed by atoms with E-state index >= 15 is 0 Å². The van der Waals surface area contributed by atoms with Crippen LogP contribution in [0.1, 0.15) is 12.8 Å². The molecular formula is C11H12ClF2NO. The van der Waals surface area contributed by atoms with Crippen molar-refractivity contribution in [1.29, 1.82) is 0 Å². The molecule has 1 aromatic carbocycles. The molecule has 0 spiro atoms. The Kier molecular flexibility index (Phi) is 3.61. The summed E-state index contributed by atoms with van der Waals surface area (Å²) in [6.45, 7) is 1.56. The molecule has 1 unspecified atom stereocenters. The Balaban J connectivity index is 2.16. The first-order valence-corrected chi connectivity index (χ1v) is 5.57. The molecule has 1 N–H and O–H groups in total. The molecule has 2 rings (SSSR count). The summed E-state index contributed by atoms with van der Waals surface area (Å²) in [6.07, 6.45) is 1.63. The average molecular weight is 248 g/mol. The van der Waals surface area contributed by atoms with Crippen molar-refractivity contribution in [2.45, 2.75) is 18.9 Å². The third kappa shape index (κ3) is 2.44. The standard InChI is InChI=1S/C11H12ClF2NO/c12-10-8(13)3-4-9(14)11(10)16-7-2-1-5-15-6-7/h3-4,7,15H,1-2,5-6H2. The fourth-order valence-electron chi connectivity index (χ4n) is 1.70. The van der Waals surface area contributed by atoms with Crippen LogP contribution in [0.25, 0.3) is 0 Å². The SMILES string of the molecule is Fc1ccc(F)c(OC2CCCNC2)c1Cl. The molecule has 1 aliphatic rings. The molecule has 0 bridgehead atoms. The molecule has 1 aromatic rings. The van der Waals surface area contributed by atoms with Crippen LogP contribution in [0, 0.1) is 11.6 Å². The van der Waals surface area contributed by atoms with Crippen LogP contribution in [0.2, 0.25) is 5.02 Å². The van der Waals surface area contributed by atoms with E-state index in [0.717, 1.165) is 31.5 Å². The van der Waals surface area contributed by atoms with E-state index in [2.05, 4.69) is 5.32 Å². The molecule has 5 heteroatoms. The summed E-state index contributed by atoms with van der Waals surface area (Å²) in [4.78, 5) is 0. The molecule has 0 aliphatic carbocycles. The van der Waals surface area contributed by atoms with Gasteiger partial charge in [0.1, 0.15) is 16.9 Å². The van der Waals surface area contributed by atoms with E-state index < -0.39 is 11.6 Å². The van der Waals surface area contributed by atoms with Gasteiger partial charge in [-0.25, -0.2) is 8.78 Å². The minimum atomic E-state index is -0.665. The molecule has 0 radical (unpaired) electrons. The zero-order chi connectivity index (χ0) is 11.5. The van der Waals surface area contributed by atoms with Gasteiger partial charge in [-0.15, -0.1) is 0 Å². The van der Waals surface area contributed by atoms with Crippen molar-refractivity contribution >= 4 is 11.6 Å². The third-order valence-electron chi connectivity index (χ3n) is 2.54. The Morgan fingerprint density at radius 2 is 2.06 bits per heavy atom. The van der Waals surface area contributed by atoms with Crippen LogP contribution in [-0.4, -0.2) is 19.2 Å². The van der Waals surface area contributed by atoms with Crippen molar-refractivity contribution < 1.29 is 13.5 Å². The first-order valence-electron chi connectivity index (χ1n) is 5.19. The molecule has 16 heavy (non-hydrogen) atoms. The predicted octanol–water partition coefficient (Wildman–Crippen LogP) is 2.75. The first kappa shape index (κ1) is 11.6. The van der Waals surface area contributed by atoms with Crippen LogP contribution >= 0.6 is 11.6 Å². The second kappa shape index (κ2) is 4.97. The maximum absolute atomic E-state index is 13.4. The van der Waals surface area contributed by atoms with Crippen LogP contribution < -0.4 is 10.1 Å². The lowest BCUT2D eigenvalue weighted by atomic mass is 10.1. The highest BCUT2D eigenvalue weighted by atomic mass is 35.5. The van der Waals surface area contributed by atoms with E-state index in [9.17, 15) is 8.78 Å². The van der Waals surface area contributed by atoms with Gasteiger partial charge >= 0.3 is 0 Å². The number of ether oxygens (including phenoxy) is 1. The highest BCUT2D eigenvalue weighted by Crippen LogP contribution is 2.31. The van der Waals surface area contributed by atoms with Gasteiger partial charge in [0.2, 0.25) is 0 Å². The topological polar surface area (TPSA) is 21.3 Å². The summed E-state index contributed by atoms with van der Waals surface area (Å²) in [5, 5.41) is 2.84. The van der Waals surface area contributed by atoms with Gasteiger partial charge in [0, 0.05) is 6.54 Å². The Bertz CT molecular complexity index is 380. The van der Waals surface area contributed by atoms with Gasteiger partial charge in [0.25, 0.3) is 0 Å². The van der Waals surface area contributed by atoms with Crippen LogP contribution in [0.5, 0.6) is 5.75 Å². The summed E-state index contributed by atoms with van der Waals surface area (Å²) < 4.78 is 31.9. The van der Waals surface area contributed by atoms with E-state index in [0.29, 0.717) is 6.54 Å². The molecular weight excluding hydrogens is 236 g/mol. The Hall–Kier alpha value is -0.870. The molecule has 88 valence electrons. The monoisotopic (exact) mass is 247 g/mol. The summed E-state index contributed by atoms with van der Waals surface area (Å²) in [6, 6.07) is 2.01. The average Bonchev–Trinajstić information content (AvgIpc) is 2.31. The van der Waals surface area contributed by atoms with Crippen molar-refractivity contribution in [3.05, 3.63) is 28.8 Å². The van der Waals surface area contributed by atoms with Gasteiger partial charge in [-0.2, -0.15) is 0 Å². The van der Waals surface area contributed by atoms with Crippen LogP contribution in [0.4, 0.5) is 8.78 Å². The lowest BCUT2D eigenvalue weighted by molar-refractivity contribution is 0.160. The normalized spacial score (nSPS) is 20.8. The summed E-state index contributed by atoms with van der Waals surface area (Å²) in [7, 11) is 0. The number of piperidine rings is 1. The van der Waals surface area contributed by atoms with Crippen LogP contribution in [0.15, 0.2) is 12.1 Å². The Morgan fingerprint density at radius 3 is 2.75 bits per heavy atom. The lowest BCUT2D eigenvalue weighted by Gasteiger charge is -2.24. The molecule has 1 atom stereocenters. The lowest BCUT2D eigenvalue weighted by Crippen LogP contribution is -2.37. The van der Waals surface area contributed by atoms with Crippen molar-refractivity contribution in [3.63, 3.8) is 0 Å². The number of rotatable bonds is 2. The number of nitrogens with one attached hydrogen (secondary N) is 1. The van der Waals surface area contributed by atoms with Crippen molar-refractivity contribution in [2.75, 3.05) is 13.1 Å². The molecule has 1 fully saturated rings. The van der Waals surface area contributed by atoms with Crippen LogP contribution in [0.3, 0.4) is 0 Å². The molecule has 0 saturated carbocycles. The van der Waals surface area contributed by atoms with Gasteiger partial charge in [-0.3, -0.25) is 0 Å². The van der Waals surface area contributed by atoms with Gasteiger partial charge in [-0.1, -0.05) is 11.6 Å². The Labute approximate surface area is 97.5 Å². The van der Waals surface area contributed by atoms with Crippen molar-refractivity contribution in [3.8, 4) is 5.75 Å². The number of hydrogen-bond acceptors (Lipinski definition) is 2. The molecule has 1 saturated heterocycles. The molecule has 0 aromatic heterocycles. The largest absolute Gasteiger partial charge is 0.484 e. The van der Waals surface area contributed by atoms with Gasteiger partial charge < -0.3 is 10.1 Å². The van der Waals surface area contributed by atoms with Gasteiger partial charge in [-0.05, 0) is 31.5 Å². The fraction of sp³-hybridized carbons (Fsp3) is 0.455. The van der Waals surface area contributed by atoms with Crippen LogP contribution in [-0.2, 0) is 0 Å². The Morgan fingerprint density at radius 1 is 1.31 bits per heavy atom. The van der Waals surface area contributed by atoms with E-state index in [1.54, 1.807) is 0 Å². The van der Waals surface area contributed by atoms with Crippen molar-refractivity contribution in [1.82, 2.24) is 5.32 Å². The van der Waals surface area contributed by atoms with E-state index in [1.807, 2.05) is 0 Å². The zero-order valence-corrected chi connectivity index (χ0v) is 9.36. The molecule has 2 nitrogen and oxygen atoms in total. The molecule has 1 aliphatic heterocycles.